The second-order valence-electron chi connectivity index (χ2n) is 8.92. The number of carboxylic acid groups (broad SMARTS) is 1. The molecular formula is C25H31ClN2O3. The lowest BCUT2D eigenvalue weighted by Gasteiger charge is -2.43. The fourth-order valence-corrected chi connectivity index (χ4v) is 5.24. The Kier molecular flexibility index (Phi) is 6.85. The number of aliphatic hydroxyl groups is 1. The van der Waals surface area contributed by atoms with Crippen LogP contribution in [0.3, 0.4) is 0 Å². The number of amides is 1. The van der Waals surface area contributed by atoms with Crippen LogP contribution < -0.4 is 0 Å². The molecule has 1 aliphatic heterocycles. The number of hydrogen-bond donors (Lipinski definition) is 2. The monoisotopic (exact) mass is 442 g/mol. The molecular weight excluding hydrogens is 412 g/mol. The molecule has 1 aliphatic carbocycles. The SMILES string of the molecule is O=C(O)N1CCN(CC(c2ccc(-c3cccc(Cl)c3)cc2)C2(O)CCCCC2)CC1. The highest BCUT2D eigenvalue weighted by Crippen LogP contribution is 2.41. The van der Waals surface area contributed by atoms with Crippen LogP contribution in [-0.2, 0) is 0 Å². The maximum absolute atomic E-state index is 11.6. The van der Waals surface area contributed by atoms with Crippen molar-refractivity contribution < 1.29 is 15.0 Å². The molecule has 0 spiro atoms. The lowest BCUT2D eigenvalue weighted by molar-refractivity contribution is -0.0338. The van der Waals surface area contributed by atoms with E-state index in [1.54, 1.807) is 0 Å². The maximum Gasteiger partial charge on any atom is 0.407 e. The zero-order valence-electron chi connectivity index (χ0n) is 17.8. The highest BCUT2D eigenvalue weighted by molar-refractivity contribution is 6.30. The number of nitrogens with zero attached hydrogens (tertiary/aromatic N) is 2. The molecule has 0 aromatic heterocycles. The first-order chi connectivity index (χ1) is 14.9. The summed E-state index contributed by atoms with van der Waals surface area (Å²) < 4.78 is 0. The highest BCUT2D eigenvalue weighted by Gasteiger charge is 2.40. The fraction of sp³-hybridized carbons (Fsp3) is 0.480. The van der Waals surface area contributed by atoms with Gasteiger partial charge in [-0.2, -0.15) is 0 Å². The summed E-state index contributed by atoms with van der Waals surface area (Å²) in [6.45, 7) is 3.21. The minimum Gasteiger partial charge on any atom is -0.465 e. The first-order valence-electron chi connectivity index (χ1n) is 11.2. The number of hydrogen-bond acceptors (Lipinski definition) is 3. The summed E-state index contributed by atoms with van der Waals surface area (Å²) in [6.07, 6.45) is 4.09. The summed E-state index contributed by atoms with van der Waals surface area (Å²) in [7, 11) is 0. The molecule has 5 nitrogen and oxygen atoms in total. The van der Waals surface area contributed by atoms with Crippen molar-refractivity contribution in [1.29, 1.82) is 0 Å². The highest BCUT2D eigenvalue weighted by atomic mass is 35.5. The third kappa shape index (κ3) is 5.22. The Bertz CT molecular complexity index is 888. The topological polar surface area (TPSA) is 64.0 Å². The largest absolute Gasteiger partial charge is 0.465 e. The number of carbonyl (C=O) groups is 1. The molecule has 1 heterocycles. The van der Waals surface area contributed by atoms with Gasteiger partial charge in [0.15, 0.2) is 0 Å². The number of benzene rings is 2. The Morgan fingerprint density at radius 3 is 2.26 bits per heavy atom. The molecule has 31 heavy (non-hydrogen) atoms. The predicted molar refractivity (Wildman–Crippen MR) is 124 cm³/mol. The van der Waals surface area contributed by atoms with Gasteiger partial charge < -0.3 is 15.1 Å². The second kappa shape index (κ2) is 9.60. The van der Waals surface area contributed by atoms with Gasteiger partial charge in [0.25, 0.3) is 0 Å². The molecule has 1 saturated heterocycles. The van der Waals surface area contributed by atoms with Gasteiger partial charge in [0.2, 0.25) is 0 Å². The van der Waals surface area contributed by atoms with E-state index in [1.165, 1.54) is 11.3 Å². The van der Waals surface area contributed by atoms with Crippen molar-refractivity contribution >= 4 is 17.7 Å². The summed E-state index contributed by atoms with van der Waals surface area (Å²) in [5.41, 5.74) is 2.63. The van der Waals surface area contributed by atoms with Gasteiger partial charge in [0, 0.05) is 43.7 Å². The van der Waals surface area contributed by atoms with Gasteiger partial charge in [-0.15, -0.1) is 0 Å². The Labute approximate surface area is 189 Å². The molecule has 1 unspecified atom stereocenters. The van der Waals surface area contributed by atoms with Crippen LogP contribution in [0, 0.1) is 0 Å². The van der Waals surface area contributed by atoms with E-state index >= 15 is 0 Å². The van der Waals surface area contributed by atoms with Crippen molar-refractivity contribution in [2.75, 3.05) is 32.7 Å². The molecule has 2 aromatic carbocycles. The van der Waals surface area contributed by atoms with Crippen molar-refractivity contribution in [3.8, 4) is 11.1 Å². The Morgan fingerprint density at radius 1 is 0.968 bits per heavy atom. The van der Waals surface area contributed by atoms with E-state index in [1.807, 2.05) is 18.2 Å². The van der Waals surface area contributed by atoms with Crippen LogP contribution >= 0.6 is 11.6 Å². The van der Waals surface area contributed by atoms with Crippen molar-refractivity contribution in [2.24, 2.45) is 0 Å². The maximum atomic E-state index is 11.6. The minimum atomic E-state index is -0.848. The van der Waals surface area contributed by atoms with Gasteiger partial charge in [-0.25, -0.2) is 4.79 Å². The standard InChI is InChI=1S/C25H31ClN2O3/c26-22-6-4-5-21(17-22)19-7-9-20(10-8-19)23(25(31)11-2-1-3-12-25)18-27-13-15-28(16-14-27)24(29)30/h4-10,17,23,31H,1-3,11-16,18H2,(H,29,30). The lowest BCUT2D eigenvalue weighted by atomic mass is 9.72. The molecule has 0 bridgehead atoms. The third-order valence-electron chi connectivity index (χ3n) is 6.92. The van der Waals surface area contributed by atoms with E-state index in [-0.39, 0.29) is 5.92 Å². The number of halogens is 1. The van der Waals surface area contributed by atoms with Crippen molar-refractivity contribution in [2.45, 2.75) is 43.6 Å². The van der Waals surface area contributed by atoms with Gasteiger partial charge in [0.1, 0.15) is 0 Å². The minimum absolute atomic E-state index is 0.0117. The van der Waals surface area contributed by atoms with Crippen LogP contribution in [0.15, 0.2) is 48.5 Å². The molecule has 0 radical (unpaired) electrons. The predicted octanol–water partition coefficient (Wildman–Crippen LogP) is 5.08. The molecule has 1 atom stereocenters. The summed E-state index contributed by atoms with van der Waals surface area (Å²) >= 11 is 6.16. The van der Waals surface area contributed by atoms with Crippen LogP contribution in [0.1, 0.15) is 43.6 Å². The van der Waals surface area contributed by atoms with Crippen molar-refractivity contribution in [3.05, 3.63) is 59.1 Å². The molecule has 1 amide bonds. The first kappa shape index (κ1) is 22.1. The van der Waals surface area contributed by atoms with Gasteiger partial charge in [-0.1, -0.05) is 67.3 Å². The van der Waals surface area contributed by atoms with Crippen LogP contribution in [-0.4, -0.2) is 64.4 Å². The normalized spacial score (nSPS) is 20.4. The van der Waals surface area contributed by atoms with Gasteiger partial charge in [-0.05, 0) is 41.7 Å². The number of rotatable bonds is 5. The van der Waals surface area contributed by atoms with E-state index < -0.39 is 11.7 Å². The Morgan fingerprint density at radius 2 is 1.65 bits per heavy atom. The quantitative estimate of drug-likeness (QED) is 0.677. The smallest absolute Gasteiger partial charge is 0.407 e. The third-order valence-corrected chi connectivity index (χ3v) is 7.16. The first-order valence-corrected chi connectivity index (χ1v) is 11.6. The average Bonchev–Trinajstić information content (AvgIpc) is 2.78. The van der Waals surface area contributed by atoms with Crippen LogP contribution in [0.25, 0.3) is 11.1 Å². The van der Waals surface area contributed by atoms with Crippen LogP contribution in [0.2, 0.25) is 5.02 Å². The Balaban J connectivity index is 1.55. The molecule has 2 aromatic rings. The zero-order valence-corrected chi connectivity index (χ0v) is 18.6. The van der Waals surface area contributed by atoms with Crippen molar-refractivity contribution in [1.82, 2.24) is 9.80 Å². The van der Waals surface area contributed by atoms with Gasteiger partial charge in [0.05, 0.1) is 5.60 Å². The Hall–Kier alpha value is -2.08. The molecule has 2 N–H and O–H groups in total. The second-order valence-corrected chi connectivity index (χ2v) is 9.36. The summed E-state index contributed by atoms with van der Waals surface area (Å²) in [4.78, 5) is 15.0. The molecule has 6 heteroatoms. The summed E-state index contributed by atoms with van der Waals surface area (Å²) in [5.74, 6) is 0.0117. The van der Waals surface area contributed by atoms with E-state index in [9.17, 15) is 15.0 Å². The summed E-state index contributed by atoms with van der Waals surface area (Å²) in [5, 5.41) is 21.6. The van der Waals surface area contributed by atoms with Gasteiger partial charge in [-0.3, -0.25) is 4.90 Å². The van der Waals surface area contributed by atoms with Crippen LogP contribution in [0.5, 0.6) is 0 Å². The van der Waals surface area contributed by atoms with Gasteiger partial charge >= 0.3 is 6.09 Å². The van der Waals surface area contributed by atoms with Crippen molar-refractivity contribution in [3.63, 3.8) is 0 Å². The molecule has 1 saturated carbocycles. The molecule has 2 fully saturated rings. The molecule has 4 rings (SSSR count). The zero-order chi connectivity index (χ0) is 21.8. The van der Waals surface area contributed by atoms with E-state index in [4.69, 9.17) is 11.6 Å². The lowest BCUT2D eigenvalue weighted by Crippen LogP contribution is -2.51. The van der Waals surface area contributed by atoms with Crippen LogP contribution in [0.4, 0.5) is 4.79 Å². The summed E-state index contributed by atoms with van der Waals surface area (Å²) in [6, 6.07) is 16.3. The van der Waals surface area contributed by atoms with E-state index in [0.29, 0.717) is 26.2 Å². The van der Waals surface area contributed by atoms with E-state index in [0.717, 1.165) is 53.9 Å². The van der Waals surface area contributed by atoms with E-state index in [2.05, 4.69) is 35.2 Å². The molecule has 2 aliphatic rings. The molecule has 166 valence electrons. The number of piperazine rings is 1. The average molecular weight is 443 g/mol. The fourth-order valence-electron chi connectivity index (χ4n) is 5.05.